The van der Waals surface area contributed by atoms with Gasteiger partial charge in [0.15, 0.2) is 0 Å². The molecular weight excluding hydrogens is 656 g/mol. The van der Waals surface area contributed by atoms with Crippen LogP contribution in [0.5, 0.6) is 0 Å². The molecule has 50 heavy (non-hydrogen) atoms. The molecule has 0 spiro atoms. The van der Waals surface area contributed by atoms with Gasteiger partial charge in [0.25, 0.3) is 0 Å². The molecule has 7 N–H and O–H groups in total. The molecule has 0 bridgehead atoms. The molecule has 0 radical (unpaired) electrons. The van der Waals surface area contributed by atoms with E-state index in [1.165, 1.54) is 0 Å². The fourth-order valence-corrected chi connectivity index (χ4v) is 5.29. The fourth-order valence-electron chi connectivity index (χ4n) is 5.29. The average Bonchev–Trinajstić information content (AvgIpc) is 3.03. The molecule has 3 amide bonds. The smallest absolute Gasteiger partial charge is 0.317 e. The van der Waals surface area contributed by atoms with Crippen LogP contribution in [0.2, 0.25) is 0 Å². The molecule has 1 rings (SSSR count). The molecule has 1 saturated heterocycles. The Labute approximate surface area is 294 Å². The molecule has 1 heterocycles. The Hall–Kier alpha value is -3.71. The quantitative estimate of drug-likeness (QED) is 0.0436. The maximum atomic E-state index is 13.3. The first kappa shape index (κ1) is 44.3. The lowest BCUT2D eigenvalue weighted by Crippen LogP contribution is -2.52. The van der Waals surface area contributed by atoms with Crippen molar-refractivity contribution in [2.24, 2.45) is 0 Å². The zero-order valence-corrected chi connectivity index (χ0v) is 29.6. The lowest BCUT2D eigenvalue weighted by Gasteiger charge is -2.33. The SMILES string of the molecule is CC(C)NCCCCCNC(=O)CNC(=O)C(CCCC(=O)O)NC(=O)CN1CCN(CC=O)CCN(CC(=O)O)CCN(CC(=O)O)CC1. The summed E-state index contributed by atoms with van der Waals surface area (Å²) >= 11 is 0. The number of carboxylic acids is 3. The number of amides is 3. The van der Waals surface area contributed by atoms with Crippen LogP contribution in [0.25, 0.3) is 0 Å². The van der Waals surface area contributed by atoms with E-state index >= 15 is 0 Å². The summed E-state index contributed by atoms with van der Waals surface area (Å²) in [6, 6.07) is -0.678. The highest BCUT2D eigenvalue weighted by molar-refractivity contribution is 5.91. The Morgan fingerprint density at radius 3 is 1.66 bits per heavy atom. The summed E-state index contributed by atoms with van der Waals surface area (Å²) in [4.78, 5) is 91.0. The second kappa shape index (κ2) is 26.1. The van der Waals surface area contributed by atoms with E-state index in [0.29, 0.717) is 38.8 Å². The number of aliphatic carboxylic acids is 3. The van der Waals surface area contributed by atoms with E-state index in [-0.39, 0.29) is 84.1 Å². The first-order chi connectivity index (χ1) is 23.8. The molecule has 0 aromatic rings. The first-order valence-electron chi connectivity index (χ1n) is 17.3. The summed E-state index contributed by atoms with van der Waals surface area (Å²) < 4.78 is 0. The first-order valence-corrected chi connectivity index (χ1v) is 17.3. The topological polar surface area (TPSA) is 241 Å². The van der Waals surface area contributed by atoms with Crippen LogP contribution in [-0.2, 0) is 33.6 Å². The highest BCUT2D eigenvalue weighted by atomic mass is 16.4. The molecule has 1 aliphatic heterocycles. The third-order valence-electron chi connectivity index (χ3n) is 8.03. The van der Waals surface area contributed by atoms with Crippen LogP contribution in [0.3, 0.4) is 0 Å². The van der Waals surface area contributed by atoms with E-state index in [1.54, 1.807) is 14.7 Å². The van der Waals surface area contributed by atoms with Gasteiger partial charge in [0, 0.05) is 71.4 Å². The largest absolute Gasteiger partial charge is 0.481 e. The van der Waals surface area contributed by atoms with E-state index in [9.17, 15) is 43.8 Å². The molecule has 1 atom stereocenters. The van der Waals surface area contributed by atoms with E-state index in [2.05, 4.69) is 35.1 Å². The maximum Gasteiger partial charge on any atom is 0.317 e. The van der Waals surface area contributed by atoms with Crippen LogP contribution in [0.15, 0.2) is 0 Å². The summed E-state index contributed by atoms with van der Waals surface area (Å²) in [7, 11) is 0. The van der Waals surface area contributed by atoms with Gasteiger partial charge in [-0.3, -0.25) is 48.4 Å². The van der Waals surface area contributed by atoms with Crippen molar-refractivity contribution in [1.29, 1.82) is 0 Å². The van der Waals surface area contributed by atoms with Crippen LogP contribution < -0.4 is 21.3 Å². The van der Waals surface area contributed by atoms with Crippen molar-refractivity contribution in [3.05, 3.63) is 0 Å². The minimum atomic E-state index is -1.09. The van der Waals surface area contributed by atoms with Gasteiger partial charge >= 0.3 is 17.9 Å². The molecule has 1 unspecified atom stereocenters. The molecular formula is C32H58N8O10. The number of carboxylic acid groups (broad SMARTS) is 3. The highest BCUT2D eigenvalue weighted by Gasteiger charge is 2.24. The summed E-state index contributed by atoms with van der Waals surface area (Å²) in [6.45, 7) is 7.06. The van der Waals surface area contributed by atoms with Crippen molar-refractivity contribution >= 4 is 41.9 Å². The van der Waals surface area contributed by atoms with Gasteiger partial charge in [0.2, 0.25) is 17.7 Å². The lowest BCUT2D eigenvalue weighted by atomic mass is 10.1. The molecule has 1 aliphatic rings. The van der Waals surface area contributed by atoms with Crippen molar-refractivity contribution in [3.8, 4) is 0 Å². The molecule has 0 saturated carbocycles. The third-order valence-corrected chi connectivity index (χ3v) is 8.03. The van der Waals surface area contributed by atoms with Crippen LogP contribution in [-0.4, -0.2) is 187 Å². The third kappa shape index (κ3) is 22.8. The average molecular weight is 715 g/mol. The molecule has 0 aliphatic carbocycles. The Morgan fingerprint density at radius 2 is 1.16 bits per heavy atom. The van der Waals surface area contributed by atoms with Crippen LogP contribution >= 0.6 is 0 Å². The number of carbonyl (C=O) groups excluding carboxylic acids is 4. The van der Waals surface area contributed by atoms with Crippen molar-refractivity contribution in [2.75, 3.05) is 98.2 Å². The summed E-state index contributed by atoms with van der Waals surface area (Å²) in [5.74, 6) is -4.65. The number of carbonyl (C=O) groups is 7. The number of hydrogen-bond acceptors (Lipinski definition) is 12. The summed E-state index contributed by atoms with van der Waals surface area (Å²) in [6.07, 6.45) is 3.36. The van der Waals surface area contributed by atoms with Crippen LogP contribution in [0, 0.1) is 0 Å². The van der Waals surface area contributed by atoms with Crippen LogP contribution in [0.4, 0.5) is 0 Å². The molecule has 1 fully saturated rings. The number of nitrogens with zero attached hydrogens (tertiary/aromatic N) is 4. The molecule has 18 heteroatoms. The predicted octanol–water partition coefficient (Wildman–Crippen LogP) is -2.28. The van der Waals surface area contributed by atoms with Gasteiger partial charge in [0.1, 0.15) is 12.3 Å². The van der Waals surface area contributed by atoms with Crippen molar-refractivity contribution in [1.82, 2.24) is 40.9 Å². The second-order valence-corrected chi connectivity index (χ2v) is 12.7. The number of rotatable bonds is 23. The van der Waals surface area contributed by atoms with E-state index in [0.717, 1.165) is 32.1 Å². The van der Waals surface area contributed by atoms with Crippen molar-refractivity contribution in [2.45, 2.75) is 64.5 Å². The number of nitrogens with one attached hydrogen (secondary N) is 4. The molecule has 0 aromatic carbocycles. The van der Waals surface area contributed by atoms with Gasteiger partial charge in [-0.15, -0.1) is 0 Å². The normalized spacial score (nSPS) is 16.5. The van der Waals surface area contributed by atoms with Gasteiger partial charge < -0.3 is 41.4 Å². The number of unbranched alkanes of at least 4 members (excludes halogenated alkanes) is 2. The second-order valence-electron chi connectivity index (χ2n) is 12.7. The molecule has 18 nitrogen and oxygen atoms in total. The Balaban J connectivity index is 2.86. The van der Waals surface area contributed by atoms with Gasteiger partial charge in [-0.2, -0.15) is 0 Å². The Bertz CT molecular complexity index is 1080. The van der Waals surface area contributed by atoms with Gasteiger partial charge in [-0.1, -0.05) is 20.3 Å². The molecule has 0 aromatic heterocycles. The van der Waals surface area contributed by atoms with E-state index in [4.69, 9.17) is 5.11 Å². The van der Waals surface area contributed by atoms with Crippen molar-refractivity contribution in [3.63, 3.8) is 0 Å². The van der Waals surface area contributed by atoms with Gasteiger partial charge in [-0.05, 0) is 32.2 Å². The number of aldehydes is 1. The summed E-state index contributed by atoms with van der Waals surface area (Å²) in [5.41, 5.74) is 0. The minimum Gasteiger partial charge on any atom is -0.481 e. The monoisotopic (exact) mass is 714 g/mol. The standard InChI is InChI=1S/C32H58N8O10/c1-25(2)33-9-4-3-5-10-34-27(42)21-35-32(50)26(7-6-8-29(44)45)36-28(43)22-38-13-11-37(19-20-41)12-14-39(23-30(46)47)17-18-40(16-15-38)24-31(48)49/h20,25-26,33H,3-19,21-24H2,1-2H3,(H,34,42)(H,35,50)(H,36,43)(H,44,45)(H,46,47)(H,48,49). The van der Waals surface area contributed by atoms with Gasteiger partial charge in [0.05, 0.1) is 32.7 Å². The number of hydrogen-bond donors (Lipinski definition) is 7. The minimum absolute atomic E-state index is 0.0300. The van der Waals surface area contributed by atoms with Crippen LogP contribution in [0.1, 0.15) is 52.4 Å². The predicted molar refractivity (Wildman–Crippen MR) is 184 cm³/mol. The maximum absolute atomic E-state index is 13.3. The van der Waals surface area contributed by atoms with E-state index in [1.807, 2.05) is 4.90 Å². The Kier molecular flexibility index (Phi) is 23.2. The zero-order valence-electron chi connectivity index (χ0n) is 29.6. The molecule has 286 valence electrons. The van der Waals surface area contributed by atoms with Gasteiger partial charge in [-0.25, -0.2) is 0 Å². The highest BCUT2D eigenvalue weighted by Crippen LogP contribution is 2.04. The van der Waals surface area contributed by atoms with E-state index < -0.39 is 35.8 Å². The Morgan fingerprint density at radius 1 is 0.640 bits per heavy atom. The lowest BCUT2D eigenvalue weighted by molar-refractivity contribution is -0.140. The summed E-state index contributed by atoms with van der Waals surface area (Å²) in [5, 5.41) is 39.1. The zero-order chi connectivity index (χ0) is 37.3. The van der Waals surface area contributed by atoms with Crippen molar-refractivity contribution < 1.29 is 48.9 Å². The fraction of sp³-hybridized carbons (Fsp3) is 0.781.